The second kappa shape index (κ2) is 3.30. The fourth-order valence-corrected chi connectivity index (χ4v) is 0.948. The maximum absolute atomic E-state index is 10.7. The van der Waals surface area contributed by atoms with E-state index < -0.39 is 11.6 Å². The number of hydrogen-bond donors (Lipinski definition) is 2. The van der Waals surface area contributed by atoms with Crippen LogP contribution in [0.2, 0.25) is 0 Å². The van der Waals surface area contributed by atoms with Gasteiger partial charge in [-0.2, -0.15) is 0 Å². The Kier molecular flexibility index (Phi) is 2.36. The molecule has 1 atom stereocenters. The molecule has 0 aliphatic heterocycles. The van der Waals surface area contributed by atoms with E-state index in [1.165, 1.54) is 12.1 Å². The minimum absolute atomic E-state index is 0.185. The first-order chi connectivity index (χ1) is 6.11. The van der Waals surface area contributed by atoms with Crippen molar-refractivity contribution in [1.29, 1.82) is 0 Å². The van der Waals surface area contributed by atoms with Crippen molar-refractivity contribution in [1.82, 2.24) is 0 Å². The third-order valence-electron chi connectivity index (χ3n) is 1.71. The molecule has 1 aromatic rings. The van der Waals surface area contributed by atoms with Gasteiger partial charge in [0.05, 0.1) is 0 Å². The molecule has 0 saturated heterocycles. The maximum atomic E-state index is 10.7. The summed E-state index contributed by atoms with van der Waals surface area (Å²) >= 11 is 0. The topological polar surface area (TPSA) is 57.5 Å². The van der Waals surface area contributed by atoms with Crippen molar-refractivity contribution in [2.24, 2.45) is 0 Å². The maximum Gasteiger partial charge on any atom is 0.353 e. The van der Waals surface area contributed by atoms with Crippen molar-refractivity contribution in [3.05, 3.63) is 35.9 Å². The number of aliphatic hydroxyl groups is 1. The highest BCUT2D eigenvalue weighted by atomic mass is 16.4. The minimum Gasteiger partial charge on any atom is -0.478 e. The van der Waals surface area contributed by atoms with Gasteiger partial charge in [-0.1, -0.05) is 36.3 Å². The molecule has 1 aromatic carbocycles. The molecule has 0 fully saturated rings. The Hall–Kier alpha value is -1.79. The third-order valence-corrected chi connectivity index (χ3v) is 1.71. The van der Waals surface area contributed by atoms with E-state index in [1.54, 1.807) is 18.2 Å². The van der Waals surface area contributed by atoms with Gasteiger partial charge in [0.2, 0.25) is 5.60 Å². The second-order valence-electron chi connectivity index (χ2n) is 2.53. The Labute approximate surface area is 75.6 Å². The zero-order chi connectivity index (χ0) is 9.90. The fourth-order valence-electron chi connectivity index (χ4n) is 0.948. The largest absolute Gasteiger partial charge is 0.478 e. The normalized spacial score (nSPS) is 14.2. The van der Waals surface area contributed by atoms with Crippen molar-refractivity contribution in [2.75, 3.05) is 0 Å². The standard InChI is InChI=1S/C10H8O3/c1-2-10(13,9(11)12)8-6-4-3-5-7-8/h1,3-7,13H,(H,11,12). The first kappa shape index (κ1) is 9.30. The summed E-state index contributed by atoms with van der Waals surface area (Å²) in [5, 5.41) is 18.2. The summed E-state index contributed by atoms with van der Waals surface area (Å²) in [5.41, 5.74) is -2.04. The molecular formula is C10H8O3. The predicted molar refractivity (Wildman–Crippen MR) is 46.8 cm³/mol. The lowest BCUT2D eigenvalue weighted by Gasteiger charge is -2.16. The molecule has 0 aliphatic carbocycles. The van der Waals surface area contributed by atoms with E-state index in [0.29, 0.717) is 0 Å². The lowest BCUT2D eigenvalue weighted by Crippen LogP contribution is -2.33. The first-order valence-corrected chi connectivity index (χ1v) is 3.60. The Bertz CT molecular complexity index is 350. The van der Waals surface area contributed by atoms with Crippen molar-refractivity contribution in [2.45, 2.75) is 5.60 Å². The van der Waals surface area contributed by atoms with Crippen LogP contribution in [-0.2, 0) is 10.4 Å². The number of benzene rings is 1. The van der Waals surface area contributed by atoms with E-state index >= 15 is 0 Å². The van der Waals surface area contributed by atoms with Crippen LogP contribution < -0.4 is 0 Å². The summed E-state index contributed by atoms with van der Waals surface area (Å²) in [4.78, 5) is 10.7. The van der Waals surface area contributed by atoms with Gasteiger partial charge >= 0.3 is 5.97 Å². The molecular weight excluding hydrogens is 168 g/mol. The average molecular weight is 176 g/mol. The summed E-state index contributed by atoms with van der Waals surface area (Å²) in [5.74, 6) is 0.407. The average Bonchev–Trinajstić information content (AvgIpc) is 2.17. The third kappa shape index (κ3) is 1.53. The van der Waals surface area contributed by atoms with Gasteiger partial charge in [-0.25, -0.2) is 4.79 Å². The van der Waals surface area contributed by atoms with E-state index in [2.05, 4.69) is 0 Å². The van der Waals surface area contributed by atoms with Crippen LogP contribution in [0.4, 0.5) is 0 Å². The number of hydrogen-bond acceptors (Lipinski definition) is 2. The smallest absolute Gasteiger partial charge is 0.353 e. The van der Waals surface area contributed by atoms with Crippen molar-refractivity contribution >= 4 is 5.97 Å². The quantitative estimate of drug-likeness (QED) is 0.648. The van der Waals surface area contributed by atoms with E-state index in [1.807, 2.05) is 5.92 Å². The van der Waals surface area contributed by atoms with Gasteiger partial charge in [-0.15, -0.1) is 6.42 Å². The molecule has 66 valence electrons. The van der Waals surface area contributed by atoms with E-state index in [9.17, 15) is 9.90 Å². The molecule has 0 heterocycles. The molecule has 3 heteroatoms. The molecule has 0 saturated carbocycles. The molecule has 0 bridgehead atoms. The number of rotatable bonds is 2. The van der Waals surface area contributed by atoms with Crippen molar-refractivity contribution in [3.63, 3.8) is 0 Å². The molecule has 0 spiro atoms. The summed E-state index contributed by atoms with van der Waals surface area (Å²) < 4.78 is 0. The number of carboxylic acids is 1. The van der Waals surface area contributed by atoms with Crippen molar-refractivity contribution in [3.8, 4) is 12.3 Å². The highest BCUT2D eigenvalue weighted by molar-refractivity contribution is 5.83. The van der Waals surface area contributed by atoms with E-state index in [0.717, 1.165) is 0 Å². The van der Waals surface area contributed by atoms with Gasteiger partial charge in [0, 0.05) is 5.56 Å². The van der Waals surface area contributed by atoms with Crippen LogP contribution >= 0.6 is 0 Å². The van der Waals surface area contributed by atoms with Gasteiger partial charge in [0.1, 0.15) is 0 Å². The van der Waals surface area contributed by atoms with Crippen LogP contribution in [0.3, 0.4) is 0 Å². The summed E-state index contributed by atoms with van der Waals surface area (Å²) in [6.45, 7) is 0. The van der Waals surface area contributed by atoms with Gasteiger partial charge in [-0.05, 0) is 0 Å². The number of carboxylic acid groups (broad SMARTS) is 1. The Balaban J connectivity index is 3.21. The van der Waals surface area contributed by atoms with E-state index in [4.69, 9.17) is 11.5 Å². The summed E-state index contributed by atoms with van der Waals surface area (Å²) in [7, 11) is 0. The highest BCUT2D eigenvalue weighted by Crippen LogP contribution is 2.19. The van der Waals surface area contributed by atoms with Crippen LogP contribution in [0.25, 0.3) is 0 Å². The van der Waals surface area contributed by atoms with Gasteiger partial charge in [-0.3, -0.25) is 0 Å². The Morgan fingerprint density at radius 3 is 2.31 bits per heavy atom. The van der Waals surface area contributed by atoms with Crippen LogP contribution in [0.5, 0.6) is 0 Å². The zero-order valence-corrected chi connectivity index (χ0v) is 6.77. The fraction of sp³-hybridized carbons (Fsp3) is 0.100. The minimum atomic E-state index is -2.22. The first-order valence-electron chi connectivity index (χ1n) is 3.60. The van der Waals surface area contributed by atoms with E-state index in [-0.39, 0.29) is 5.56 Å². The van der Waals surface area contributed by atoms with Gasteiger partial charge in [0.15, 0.2) is 0 Å². The lowest BCUT2D eigenvalue weighted by molar-refractivity contribution is -0.153. The van der Waals surface area contributed by atoms with Crippen molar-refractivity contribution < 1.29 is 15.0 Å². The van der Waals surface area contributed by atoms with Crippen LogP contribution in [0.15, 0.2) is 30.3 Å². The zero-order valence-electron chi connectivity index (χ0n) is 6.77. The molecule has 3 nitrogen and oxygen atoms in total. The summed E-state index contributed by atoms with van der Waals surface area (Å²) in [6, 6.07) is 7.87. The monoisotopic (exact) mass is 176 g/mol. The SMILES string of the molecule is C#CC(O)(C(=O)O)c1ccccc1. The molecule has 0 amide bonds. The number of carbonyl (C=O) groups is 1. The highest BCUT2D eigenvalue weighted by Gasteiger charge is 2.35. The molecule has 0 aromatic heterocycles. The van der Waals surface area contributed by atoms with Gasteiger partial charge in [0.25, 0.3) is 0 Å². The van der Waals surface area contributed by atoms with Crippen LogP contribution in [0, 0.1) is 12.3 Å². The molecule has 1 unspecified atom stereocenters. The molecule has 2 N–H and O–H groups in total. The summed E-state index contributed by atoms with van der Waals surface area (Å²) in [6.07, 6.45) is 4.96. The number of terminal acetylenes is 1. The van der Waals surface area contributed by atoms with Gasteiger partial charge < -0.3 is 10.2 Å². The molecule has 0 radical (unpaired) electrons. The molecule has 0 aliphatic rings. The van der Waals surface area contributed by atoms with Crippen LogP contribution in [0.1, 0.15) is 5.56 Å². The lowest BCUT2D eigenvalue weighted by atomic mass is 9.95. The van der Waals surface area contributed by atoms with Crippen LogP contribution in [-0.4, -0.2) is 16.2 Å². The Morgan fingerprint density at radius 1 is 1.38 bits per heavy atom. The molecule has 13 heavy (non-hydrogen) atoms. The Morgan fingerprint density at radius 2 is 1.92 bits per heavy atom. The number of aliphatic carboxylic acids is 1. The molecule has 1 rings (SSSR count). The predicted octanol–water partition coefficient (Wildman–Crippen LogP) is 0.592. The second-order valence-corrected chi connectivity index (χ2v) is 2.53.